The second-order valence-electron chi connectivity index (χ2n) is 4.77. The van der Waals surface area contributed by atoms with Crippen molar-refractivity contribution in [2.45, 2.75) is 0 Å². The van der Waals surface area contributed by atoms with Gasteiger partial charge in [0.15, 0.2) is 0 Å². The van der Waals surface area contributed by atoms with Crippen LogP contribution in [0.15, 0.2) is 0 Å². The van der Waals surface area contributed by atoms with Crippen molar-refractivity contribution >= 4 is 11.6 Å². The molecular formula is C14H29ClO6. The van der Waals surface area contributed by atoms with Gasteiger partial charge in [-0.25, -0.2) is 0 Å². The minimum Gasteiger partial charge on any atom is -0.384 e. The molecule has 128 valence electrons. The van der Waals surface area contributed by atoms with Gasteiger partial charge < -0.3 is 28.4 Å². The van der Waals surface area contributed by atoms with Gasteiger partial charge in [0.1, 0.15) is 0 Å². The van der Waals surface area contributed by atoms with E-state index in [1.807, 2.05) is 0 Å². The number of rotatable bonds is 16. The quantitative estimate of drug-likeness (QED) is 0.313. The Balaban J connectivity index is 3.76. The Bertz CT molecular complexity index is 201. The summed E-state index contributed by atoms with van der Waals surface area (Å²) in [5, 5.41) is 0. The molecule has 0 atom stereocenters. The van der Waals surface area contributed by atoms with Crippen LogP contribution in [0.4, 0.5) is 0 Å². The van der Waals surface area contributed by atoms with Crippen LogP contribution in [0.1, 0.15) is 0 Å². The molecule has 0 aliphatic heterocycles. The topological polar surface area (TPSA) is 55.4 Å². The molecule has 0 N–H and O–H groups in total. The van der Waals surface area contributed by atoms with Crippen LogP contribution in [0, 0.1) is 5.41 Å². The molecule has 0 aromatic rings. The van der Waals surface area contributed by atoms with E-state index in [0.29, 0.717) is 65.3 Å². The second kappa shape index (κ2) is 15.0. The maximum absolute atomic E-state index is 5.66. The number of hydrogen-bond donors (Lipinski definition) is 0. The molecule has 0 bridgehead atoms. The molecule has 21 heavy (non-hydrogen) atoms. The minimum atomic E-state index is -0.290. The Morgan fingerprint density at radius 2 is 1.05 bits per heavy atom. The van der Waals surface area contributed by atoms with Crippen molar-refractivity contribution in [2.24, 2.45) is 5.41 Å². The van der Waals surface area contributed by atoms with E-state index < -0.39 is 0 Å². The normalized spacial score (nSPS) is 12.0. The van der Waals surface area contributed by atoms with E-state index in [0.717, 1.165) is 0 Å². The van der Waals surface area contributed by atoms with Crippen LogP contribution >= 0.6 is 11.6 Å². The highest BCUT2D eigenvalue weighted by molar-refractivity contribution is 6.17. The average molecular weight is 329 g/mol. The zero-order valence-electron chi connectivity index (χ0n) is 13.4. The van der Waals surface area contributed by atoms with Crippen molar-refractivity contribution in [1.29, 1.82) is 0 Å². The lowest BCUT2D eigenvalue weighted by Crippen LogP contribution is -2.41. The molecule has 0 aliphatic carbocycles. The maximum atomic E-state index is 5.66. The van der Waals surface area contributed by atoms with Gasteiger partial charge in [-0.15, -0.1) is 11.6 Å². The van der Waals surface area contributed by atoms with Crippen molar-refractivity contribution in [3.05, 3.63) is 0 Å². The van der Waals surface area contributed by atoms with Crippen molar-refractivity contribution in [3.63, 3.8) is 0 Å². The Morgan fingerprint density at radius 1 is 0.619 bits per heavy atom. The molecule has 0 fully saturated rings. The monoisotopic (exact) mass is 328 g/mol. The first-order valence-electron chi connectivity index (χ1n) is 7.00. The fraction of sp³-hybridized carbons (Fsp3) is 1.00. The smallest absolute Gasteiger partial charge is 0.0701 e. The van der Waals surface area contributed by atoms with Gasteiger partial charge in [-0.3, -0.25) is 0 Å². The van der Waals surface area contributed by atoms with Crippen molar-refractivity contribution in [2.75, 3.05) is 86.7 Å². The van der Waals surface area contributed by atoms with Crippen LogP contribution in [0.2, 0.25) is 0 Å². The van der Waals surface area contributed by atoms with Gasteiger partial charge in [0.05, 0.1) is 64.9 Å². The standard InChI is InChI=1S/C14H29ClO6/c1-16-10-14(11-17-2,12-18-3)13-21-9-8-20-7-6-19-5-4-15/h4-13H2,1-3H3. The Labute approximate surface area is 132 Å². The first-order chi connectivity index (χ1) is 10.2. The van der Waals surface area contributed by atoms with Crippen molar-refractivity contribution in [1.82, 2.24) is 0 Å². The molecule has 0 spiro atoms. The van der Waals surface area contributed by atoms with Crippen LogP contribution < -0.4 is 0 Å². The van der Waals surface area contributed by atoms with E-state index in [2.05, 4.69) is 0 Å². The number of ether oxygens (including phenoxy) is 6. The highest BCUT2D eigenvalue weighted by atomic mass is 35.5. The highest BCUT2D eigenvalue weighted by Crippen LogP contribution is 2.19. The molecule has 6 nitrogen and oxygen atoms in total. The van der Waals surface area contributed by atoms with Crippen LogP contribution in [0.5, 0.6) is 0 Å². The maximum Gasteiger partial charge on any atom is 0.0701 e. The lowest BCUT2D eigenvalue weighted by Gasteiger charge is -2.31. The van der Waals surface area contributed by atoms with Gasteiger partial charge in [-0.1, -0.05) is 0 Å². The number of hydrogen-bond acceptors (Lipinski definition) is 6. The zero-order valence-corrected chi connectivity index (χ0v) is 14.2. The Hall–Kier alpha value is 0.0500. The molecule has 0 unspecified atom stereocenters. The SMILES string of the molecule is COCC(COC)(COC)COCCOCCOCCCl. The van der Waals surface area contributed by atoms with Crippen LogP contribution in [-0.4, -0.2) is 86.7 Å². The molecule has 7 heteroatoms. The van der Waals surface area contributed by atoms with Crippen LogP contribution in [0.25, 0.3) is 0 Å². The number of methoxy groups -OCH3 is 3. The van der Waals surface area contributed by atoms with Gasteiger partial charge in [-0.05, 0) is 0 Å². The largest absolute Gasteiger partial charge is 0.384 e. The molecule has 0 aromatic heterocycles. The summed E-state index contributed by atoms with van der Waals surface area (Å²) < 4.78 is 32.0. The van der Waals surface area contributed by atoms with Crippen LogP contribution in [0.3, 0.4) is 0 Å². The predicted octanol–water partition coefficient (Wildman–Crippen LogP) is 1.20. The average Bonchev–Trinajstić information content (AvgIpc) is 2.46. The van der Waals surface area contributed by atoms with E-state index in [4.69, 9.17) is 40.0 Å². The third kappa shape index (κ3) is 11.3. The molecule has 0 heterocycles. The fourth-order valence-corrected chi connectivity index (χ4v) is 2.06. The zero-order chi connectivity index (χ0) is 15.8. The molecule has 0 rings (SSSR count). The minimum absolute atomic E-state index is 0.290. The Kier molecular flexibility index (Phi) is 15.0. The van der Waals surface area contributed by atoms with Gasteiger partial charge in [0, 0.05) is 27.2 Å². The summed E-state index contributed by atoms with van der Waals surface area (Å²) in [6.07, 6.45) is 0. The van der Waals surface area contributed by atoms with Gasteiger partial charge >= 0.3 is 0 Å². The second-order valence-corrected chi connectivity index (χ2v) is 5.14. The summed E-state index contributed by atoms with van der Waals surface area (Å²) in [4.78, 5) is 0. The predicted molar refractivity (Wildman–Crippen MR) is 81.2 cm³/mol. The van der Waals surface area contributed by atoms with E-state index in [1.165, 1.54) is 0 Å². The van der Waals surface area contributed by atoms with E-state index in [9.17, 15) is 0 Å². The lowest BCUT2D eigenvalue weighted by molar-refractivity contribution is -0.0916. The summed E-state index contributed by atoms with van der Waals surface area (Å²) in [6.45, 7) is 4.71. The summed E-state index contributed by atoms with van der Waals surface area (Å²) in [5.74, 6) is 0.504. The molecular weight excluding hydrogens is 300 g/mol. The van der Waals surface area contributed by atoms with Crippen molar-refractivity contribution in [3.8, 4) is 0 Å². The summed E-state index contributed by atoms with van der Waals surface area (Å²) in [5.41, 5.74) is -0.290. The van der Waals surface area contributed by atoms with E-state index in [1.54, 1.807) is 21.3 Å². The molecule has 0 radical (unpaired) electrons. The van der Waals surface area contributed by atoms with E-state index in [-0.39, 0.29) is 5.41 Å². The van der Waals surface area contributed by atoms with E-state index >= 15 is 0 Å². The first kappa shape index (κ1) is 21.0. The van der Waals surface area contributed by atoms with Gasteiger partial charge in [0.2, 0.25) is 0 Å². The highest BCUT2D eigenvalue weighted by Gasteiger charge is 2.31. The molecule has 0 amide bonds. The van der Waals surface area contributed by atoms with Gasteiger partial charge in [-0.2, -0.15) is 0 Å². The molecule has 0 saturated heterocycles. The third-order valence-corrected chi connectivity index (χ3v) is 2.88. The number of alkyl halides is 1. The van der Waals surface area contributed by atoms with Gasteiger partial charge in [0.25, 0.3) is 0 Å². The summed E-state index contributed by atoms with van der Waals surface area (Å²) in [7, 11) is 4.97. The molecule has 0 saturated carbocycles. The number of halogens is 1. The first-order valence-corrected chi connectivity index (χ1v) is 7.54. The van der Waals surface area contributed by atoms with Crippen molar-refractivity contribution < 1.29 is 28.4 Å². The van der Waals surface area contributed by atoms with Crippen LogP contribution in [-0.2, 0) is 28.4 Å². The third-order valence-electron chi connectivity index (χ3n) is 2.73. The molecule has 0 aliphatic rings. The summed E-state index contributed by atoms with van der Waals surface area (Å²) >= 11 is 5.49. The lowest BCUT2D eigenvalue weighted by atomic mass is 9.92. The summed E-state index contributed by atoms with van der Waals surface area (Å²) in [6, 6.07) is 0. The fourth-order valence-electron chi connectivity index (χ4n) is 1.95. The Morgan fingerprint density at radius 3 is 1.48 bits per heavy atom. The molecule has 0 aromatic carbocycles.